The van der Waals surface area contributed by atoms with Gasteiger partial charge in [0.15, 0.2) is 0 Å². The van der Waals surface area contributed by atoms with Gasteiger partial charge in [-0.15, -0.1) is 0 Å². The second-order valence-electron chi connectivity index (χ2n) is 6.15. The molecule has 2 aromatic rings. The van der Waals surface area contributed by atoms with Crippen LogP contribution in [0.5, 0.6) is 0 Å². The van der Waals surface area contributed by atoms with Gasteiger partial charge in [-0.1, -0.05) is 23.7 Å². The lowest BCUT2D eigenvalue weighted by molar-refractivity contribution is -0.116. The zero-order valence-corrected chi connectivity index (χ0v) is 15.6. The van der Waals surface area contributed by atoms with Gasteiger partial charge < -0.3 is 4.90 Å². The maximum absolute atomic E-state index is 12.7. The van der Waals surface area contributed by atoms with Crippen molar-refractivity contribution in [3.63, 3.8) is 0 Å². The molecule has 0 spiro atoms. The summed E-state index contributed by atoms with van der Waals surface area (Å²) in [5.41, 5.74) is 1.64. The molecule has 0 unspecified atom stereocenters. The van der Waals surface area contributed by atoms with Crippen molar-refractivity contribution in [1.82, 2.24) is 0 Å². The largest absolute Gasteiger partial charge is 0.308 e. The molecule has 0 bridgehead atoms. The molecule has 0 saturated heterocycles. The number of halogens is 1. The number of anilines is 2. The fourth-order valence-electron chi connectivity index (χ4n) is 2.71. The van der Waals surface area contributed by atoms with Gasteiger partial charge in [0.1, 0.15) is 0 Å². The molecule has 1 saturated carbocycles. The van der Waals surface area contributed by atoms with E-state index in [2.05, 4.69) is 4.72 Å². The van der Waals surface area contributed by atoms with Crippen molar-refractivity contribution in [2.75, 3.05) is 9.62 Å². The van der Waals surface area contributed by atoms with E-state index in [-0.39, 0.29) is 16.8 Å². The number of nitrogens with one attached hydrogen (secondary N) is 1. The predicted octanol–water partition coefficient (Wildman–Crippen LogP) is 3.96. The van der Waals surface area contributed by atoms with Gasteiger partial charge in [-0.05, 0) is 55.7 Å². The Bertz CT molecular complexity index is 924. The van der Waals surface area contributed by atoms with E-state index in [1.165, 1.54) is 19.1 Å². The van der Waals surface area contributed by atoms with Gasteiger partial charge in [-0.3, -0.25) is 9.52 Å². The number of carbonyl (C=O) groups excluding carboxylic acids is 1. The van der Waals surface area contributed by atoms with Crippen molar-refractivity contribution in [3.8, 4) is 0 Å². The number of amides is 1. The zero-order valence-electron chi connectivity index (χ0n) is 14.0. The van der Waals surface area contributed by atoms with Crippen molar-refractivity contribution >= 4 is 38.9 Å². The first-order valence-electron chi connectivity index (χ1n) is 7.97. The van der Waals surface area contributed by atoms with Gasteiger partial charge in [0.05, 0.1) is 16.3 Å². The number of rotatable bonds is 5. The SMILES string of the molecule is CC(=O)N(c1ccccc1NS(=O)(=O)c1ccc(Cl)c(C)c1)C1CC1. The highest BCUT2D eigenvalue weighted by Gasteiger charge is 2.33. The van der Waals surface area contributed by atoms with E-state index in [9.17, 15) is 13.2 Å². The number of sulfonamides is 1. The molecule has 0 atom stereocenters. The Morgan fingerprint density at radius 2 is 1.88 bits per heavy atom. The molecule has 0 heterocycles. The highest BCUT2D eigenvalue weighted by Crippen LogP contribution is 2.36. The van der Waals surface area contributed by atoms with Gasteiger partial charge in [-0.25, -0.2) is 8.42 Å². The van der Waals surface area contributed by atoms with Gasteiger partial charge in [0.2, 0.25) is 5.91 Å². The molecular formula is C18H19ClN2O3S. The second-order valence-corrected chi connectivity index (χ2v) is 8.24. The zero-order chi connectivity index (χ0) is 18.2. The lowest BCUT2D eigenvalue weighted by Gasteiger charge is -2.24. The summed E-state index contributed by atoms with van der Waals surface area (Å²) < 4.78 is 28.1. The van der Waals surface area contributed by atoms with Crippen molar-refractivity contribution in [1.29, 1.82) is 0 Å². The summed E-state index contributed by atoms with van der Waals surface area (Å²) in [4.78, 5) is 13.8. The molecule has 1 N–H and O–H groups in total. The minimum Gasteiger partial charge on any atom is -0.308 e. The van der Waals surface area contributed by atoms with Crippen LogP contribution in [0.3, 0.4) is 0 Å². The molecule has 132 valence electrons. The maximum Gasteiger partial charge on any atom is 0.261 e. The van der Waals surface area contributed by atoms with E-state index in [4.69, 9.17) is 11.6 Å². The molecule has 1 fully saturated rings. The van der Waals surface area contributed by atoms with Gasteiger partial charge in [0.25, 0.3) is 10.0 Å². The number of benzene rings is 2. The fraction of sp³-hybridized carbons (Fsp3) is 0.278. The molecule has 5 nitrogen and oxygen atoms in total. The smallest absolute Gasteiger partial charge is 0.261 e. The van der Waals surface area contributed by atoms with Crippen molar-refractivity contribution in [3.05, 3.63) is 53.1 Å². The molecule has 0 radical (unpaired) electrons. The van der Waals surface area contributed by atoms with Gasteiger partial charge in [-0.2, -0.15) is 0 Å². The summed E-state index contributed by atoms with van der Waals surface area (Å²) in [6.45, 7) is 3.24. The Morgan fingerprint density at radius 3 is 2.48 bits per heavy atom. The van der Waals surface area contributed by atoms with Crippen LogP contribution in [0.2, 0.25) is 5.02 Å². The number of aryl methyl sites for hydroxylation is 1. The van der Waals surface area contributed by atoms with Crippen LogP contribution in [-0.2, 0) is 14.8 Å². The third-order valence-corrected chi connectivity index (χ3v) is 5.89. The van der Waals surface area contributed by atoms with E-state index < -0.39 is 10.0 Å². The molecule has 2 aromatic carbocycles. The third kappa shape index (κ3) is 3.80. The average molecular weight is 379 g/mol. The Morgan fingerprint density at radius 1 is 1.20 bits per heavy atom. The van der Waals surface area contributed by atoms with E-state index in [0.717, 1.165) is 12.8 Å². The molecule has 0 aromatic heterocycles. The minimum atomic E-state index is -3.79. The Balaban J connectivity index is 1.97. The molecule has 1 amide bonds. The van der Waals surface area contributed by atoms with E-state index in [0.29, 0.717) is 22.0 Å². The second kappa shape index (κ2) is 6.69. The fourth-order valence-corrected chi connectivity index (χ4v) is 3.99. The van der Waals surface area contributed by atoms with E-state index in [1.54, 1.807) is 42.2 Å². The summed E-state index contributed by atoms with van der Waals surface area (Å²) in [7, 11) is -3.79. The van der Waals surface area contributed by atoms with Gasteiger partial charge >= 0.3 is 0 Å². The van der Waals surface area contributed by atoms with Crippen LogP contribution in [0.4, 0.5) is 11.4 Å². The molecule has 1 aliphatic rings. The first-order chi connectivity index (χ1) is 11.8. The average Bonchev–Trinajstić information content (AvgIpc) is 3.36. The quantitative estimate of drug-likeness (QED) is 0.856. The third-order valence-electron chi connectivity index (χ3n) is 4.10. The van der Waals surface area contributed by atoms with Crippen LogP contribution in [0.15, 0.2) is 47.4 Å². The summed E-state index contributed by atoms with van der Waals surface area (Å²) in [6, 6.07) is 11.6. The standard InChI is InChI=1S/C18H19ClN2O3S/c1-12-11-15(9-10-16(12)19)25(23,24)20-17-5-3-4-6-18(17)21(13(2)22)14-7-8-14/h3-6,9-11,14,20H,7-8H2,1-2H3. The molecule has 7 heteroatoms. The van der Waals surface area contributed by atoms with Crippen molar-refractivity contribution < 1.29 is 13.2 Å². The van der Waals surface area contributed by atoms with Crippen LogP contribution < -0.4 is 9.62 Å². The first-order valence-corrected chi connectivity index (χ1v) is 9.83. The highest BCUT2D eigenvalue weighted by atomic mass is 35.5. The Kier molecular flexibility index (Phi) is 4.75. The first kappa shape index (κ1) is 17.8. The normalized spacial score (nSPS) is 14.2. The topological polar surface area (TPSA) is 66.5 Å². The lowest BCUT2D eigenvalue weighted by atomic mass is 10.2. The Hall–Kier alpha value is -2.05. The lowest BCUT2D eigenvalue weighted by Crippen LogP contribution is -2.31. The Labute approximate surface area is 152 Å². The van der Waals surface area contributed by atoms with Crippen LogP contribution in [0.25, 0.3) is 0 Å². The summed E-state index contributed by atoms with van der Waals surface area (Å²) in [5, 5.41) is 0.510. The maximum atomic E-state index is 12.7. The molecular weight excluding hydrogens is 360 g/mol. The monoisotopic (exact) mass is 378 g/mol. The molecule has 0 aliphatic heterocycles. The minimum absolute atomic E-state index is 0.100. The summed E-state index contributed by atoms with van der Waals surface area (Å²) in [6.07, 6.45) is 1.86. The molecule has 3 rings (SSSR count). The molecule has 25 heavy (non-hydrogen) atoms. The number of hydrogen-bond donors (Lipinski definition) is 1. The van der Waals surface area contributed by atoms with Gasteiger partial charge in [0, 0.05) is 18.0 Å². The van der Waals surface area contributed by atoms with Crippen molar-refractivity contribution in [2.24, 2.45) is 0 Å². The number of hydrogen-bond acceptors (Lipinski definition) is 3. The van der Waals surface area contributed by atoms with Crippen LogP contribution in [-0.4, -0.2) is 20.4 Å². The van der Waals surface area contributed by atoms with E-state index in [1.807, 2.05) is 0 Å². The van der Waals surface area contributed by atoms with E-state index >= 15 is 0 Å². The molecule has 1 aliphatic carbocycles. The number of carbonyl (C=O) groups is 1. The number of nitrogens with zero attached hydrogens (tertiary/aromatic N) is 1. The summed E-state index contributed by atoms with van der Waals surface area (Å²) >= 11 is 5.97. The van der Waals surface area contributed by atoms with Crippen LogP contribution in [0.1, 0.15) is 25.3 Å². The highest BCUT2D eigenvalue weighted by molar-refractivity contribution is 7.92. The summed E-state index contributed by atoms with van der Waals surface area (Å²) in [5.74, 6) is -0.100. The van der Waals surface area contributed by atoms with Crippen molar-refractivity contribution in [2.45, 2.75) is 37.6 Å². The number of para-hydroxylation sites is 2. The van der Waals surface area contributed by atoms with Crippen LogP contribution in [0, 0.1) is 6.92 Å². The predicted molar refractivity (Wildman–Crippen MR) is 99.6 cm³/mol. The van der Waals surface area contributed by atoms with Crippen LogP contribution >= 0.6 is 11.6 Å².